The van der Waals surface area contributed by atoms with Gasteiger partial charge >= 0.3 is 5.91 Å². The Hall–Kier alpha value is -1.46. The number of hydrogen-bond acceptors (Lipinski definition) is 4. The number of aliphatic imine (C=N–C) groups is 1. The summed E-state index contributed by atoms with van der Waals surface area (Å²) in [7, 11) is 0. The van der Waals surface area contributed by atoms with E-state index >= 15 is 0 Å². The van der Waals surface area contributed by atoms with E-state index in [2.05, 4.69) is 37.1 Å². The number of nitrogens with zero attached hydrogens (tertiary/aromatic N) is 2. The third-order valence-corrected chi connectivity index (χ3v) is 4.26. The van der Waals surface area contributed by atoms with Gasteiger partial charge < -0.3 is 0 Å². The number of amidine groups is 1. The van der Waals surface area contributed by atoms with Crippen LogP contribution in [0, 0.1) is 12.8 Å². The Morgan fingerprint density at radius 2 is 2.18 bits per heavy atom. The molecule has 118 valence electrons. The summed E-state index contributed by atoms with van der Waals surface area (Å²) in [4.78, 5) is 16.8. The van der Waals surface area contributed by atoms with Gasteiger partial charge in [-0.25, -0.2) is 4.79 Å². The number of rotatable bonds is 5. The van der Waals surface area contributed by atoms with E-state index in [1.165, 1.54) is 22.9 Å². The zero-order valence-electron chi connectivity index (χ0n) is 13.7. The van der Waals surface area contributed by atoms with Gasteiger partial charge in [-0.2, -0.15) is 4.99 Å². The fourth-order valence-electron chi connectivity index (χ4n) is 2.19. The predicted molar refractivity (Wildman–Crippen MR) is 94.0 cm³/mol. The molecule has 1 aliphatic rings. The van der Waals surface area contributed by atoms with Crippen molar-refractivity contribution in [2.45, 2.75) is 40.5 Å². The topological polar surface area (TPSA) is 46.2 Å². The fourth-order valence-corrected chi connectivity index (χ4v) is 3.06. The molecule has 5 heteroatoms. The molecule has 0 aliphatic carbocycles. The first kappa shape index (κ1) is 16.9. The maximum absolute atomic E-state index is 12.0. The zero-order valence-corrected chi connectivity index (χ0v) is 14.5. The van der Waals surface area contributed by atoms with Crippen molar-refractivity contribution >= 4 is 34.7 Å². The number of carbonyl (C=O) groups excluding carboxylic acids is 1. The van der Waals surface area contributed by atoms with Gasteiger partial charge in [-0.15, -0.1) is 0 Å². The SMILES string of the molecule is CCCc1ccc(C)cc1N=C1SCC(=O)[NH+]1/N=C/C(C)C. The van der Waals surface area contributed by atoms with Crippen LogP contribution >= 0.6 is 11.8 Å². The van der Waals surface area contributed by atoms with Crippen molar-refractivity contribution < 1.29 is 9.80 Å². The second-order valence-corrected chi connectivity index (χ2v) is 6.85. The molecule has 1 unspecified atom stereocenters. The highest BCUT2D eigenvalue weighted by atomic mass is 32.2. The molecule has 0 saturated carbocycles. The Kier molecular flexibility index (Phi) is 5.91. The summed E-state index contributed by atoms with van der Waals surface area (Å²) in [6.07, 6.45) is 3.89. The Bertz CT molecular complexity index is 608. The van der Waals surface area contributed by atoms with Crippen LogP contribution in [0.25, 0.3) is 0 Å². The van der Waals surface area contributed by atoms with Crippen molar-refractivity contribution in [2.24, 2.45) is 16.0 Å². The molecule has 1 fully saturated rings. The summed E-state index contributed by atoms with van der Waals surface area (Å²) in [5, 5.41) is 5.64. The summed E-state index contributed by atoms with van der Waals surface area (Å²) in [5.74, 6) is 0.838. The van der Waals surface area contributed by atoms with Gasteiger partial charge in [0.05, 0.1) is 11.9 Å². The molecule has 22 heavy (non-hydrogen) atoms. The first-order valence-corrected chi connectivity index (χ1v) is 8.75. The first-order chi connectivity index (χ1) is 10.5. The highest BCUT2D eigenvalue weighted by molar-refractivity contribution is 8.14. The number of thioether (sulfide) groups is 1. The summed E-state index contributed by atoms with van der Waals surface area (Å²) in [6, 6.07) is 6.34. The van der Waals surface area contributed by atoms with Gasteiger partial charge in [-0.1, -0.05) is 49.4 Å². The average molecular weight is 318 g/mol. The van der Waals surface area contributed by atoms with Crippen LogP contribution < -0.4 is 5.01 Å². The summed E-state index contributed by atoms with van der Waals surface area (Å²) in [5.41, 5.74) is 3.38. The Labute approximate surface area is 136 Å². The molecule has 2 rings (SSSR count). The van der Waals surface area contributed by atoms with Crippen LogP contribution in [0.4, 0.5) is 5.69 Å². The van der Waals surface area contributed by atoms with Crippen molar-refractivity contribution in [3.63, 3.8) is 0 Å². The molecule has 0 aromatic heterocycles. The van der Waals surface area contributed by atoms with Crippen molar-refractivity contribution in [3.8, 4) is 0 Å². The van der Waals surface area contributed by atoms with E-state index in [0.717, 1.165) is 23.7 Å². The lowest BCUT2D eigenvalue weighted by atomic mass is 10.1. The number of amides is 1. The fraction of sp³-hybridized carbons (Fsp3) is 0.471. The normalized spacial score (nSPS) is 20.7. The molecule has 1 aromatic carbocycles. The van der Waals surface area contributed by atoms with Gasteiger partial charge in [-0.05, 0) is 48.2 Å². The smallest absolute Gasteiger partial charge is 0.227 e. The van der Waals surface area contributed by atoms with E-state index in [4.69, 9.17) is 4.99 Å². The van der Waals surface area contributed by atoms with Gasteiger partial charge in [0.2, 0.25) is 0 Å². The molecule has 4 nitrogen and oxygen atoms in total. The molecule has 1 heterocycles. The maximum atomic E-state index is 12.0. The van der Waals surface area contributed by atoms with Crippen molar-refractivity contribution in [1.82, 2.24) is 0 Å². The number of benzene rings is 1. The minimum atomic E-state index is 0.0744. The average Bonchev–Trinajstić information content (AvgIpc) is 2.80. The number of aryl methyl sites for hydroxylation is 2. The van der Waals surface area contributed by atoms with E-state index in [-0.39, 0.29) is 5.91 Å². The molecule has 1 amide bonds. The zero-order chi connectivity index (χ0) is 16.1. The van der Waals surface area contributed by atoms with E-state index in [0.29, 0.717) is 16.7 Å². The second-order valence-electron chi connectivity index (χ2n) is 5.88. The van der Waals surface area contributed by atoms with E-state index in [9.17, 15) is 4.79 Å². The van der Waals surface area contributed by atoms with Crippen molar-refractivity contribution in [2.75, 3.05) is 5.75 Å². The van der Waals surface area contributed by atoms with Gasteiger partial charge in [0.15, 0.2) is 0 Å². The maximum Gasteiger partial charge on any atom is 0.355 e. The molecule has 0 spiro atoms. The molecular weight excluding hydrogens is 294 g/mol. The monoisotopic (exact) mass is 318 g/mol. The van der Waals surface area contributed by atoms with Crippen LogP contribution in [0.5, 0.6) is 0 Å². The molecule has 0 radical (unpaired) electrons. The van der Waals surface area contributed by atoms with E-state index in [1.54, 1.807) is 0 Å². The number of nitrogens with one attached hydrogen (secondary N) is 1. The molecule has 1 saturated heterocycles. The van der Waals surface area contributed by atoms with Gasteiger partial charge in [0.1, 0.15) is 5.75 Å². The molecule has 1 aromatic rings. The van der Waals surface area contributed by atoms with Crippen LogP contribution in [0.1, 0.15) is 38.3 Å². The minimum absolute atomic E-state index is 0.0744. The quantitative estimate of drug-likeness (QED) is 0.849. The lowest BCUT2D eigenvalue weighted by molar-refractivity contribution is -0.719. The first-order valence-electron chi connectivity index (χ1n) is 7.77. The summed E-state index contributed by atoms with van der Waals surface area (Å²) >= 11 is 1.49. The minimum Gasteiger partial charge on any atom is -0.227 e. The number of carbonyl (C=O) groups is 1. The van der Waals surface area contributed by atoms with Crippen LogP contribution in [0.3, 0.4) is 0 Å². The Morgan fingerprint density at radius 1 is 1.41 bits per heavy atom. The molecule has 1 aliphatic heterocycles. The highest BCUT2D eigenvalue weighted by Crippen LogP contribution is 2.24. The number of hydrogen-bond donors (Lipinski definition) is 1. The summed E-state index contributed by atoms with van der Waals surface area (Å²) in [6.45, 7) is 8.32. The van der Waals surface area contributed by atoms with Crippen LogP contribution in [0.2, 0.25) is 0 Å². The van der Waals surface area contributed by atoms with Crippen molar-refractivity contribution in [3.05, 3.63) is 29.3 Å². The lowest BCUT2D eigenvalue weighted by Gasteiger charge is -2.07. The van der Waals surface area contributed by atoms with Gasteiger partial charge in [-0.3, -0.25) is 0 Å². The standard InChI is InChI=1S/C17H23N3OS/c1-5-6-14-8-7-13(4)9-15(14)19-17-20(16(21)11-22-17)18-10-12(2)3/h7-10,12H,5-6,11H2,1-4H3/p+1/b18-10+,19-17?. The highest BCUT2D eigenvalue weighted by Gasteiger charge is 2.35. The third kappa shape index (κ3) is 4.27. The predicted octanol–water partition coefficient (Wildman–Crippen LogP) is 2.74. The van der Waals surface area contributed by atoms with Crippen LogP contribution in [-0.2, 0) is 11.2 Å². The summed E-state index contributed by atoms with van der Waals surface area (Å²) < 4.78 is 0. The largest absolute Gasteiger partial charge is 0.355 e. The van der Waals surface area contributed by atoms with E-state index in [1.807, 2.05) is 20.1 Å². The second kappa shape index (κ2) is 7.70. The third-order valence-electron chi connectivity index (χ3n) is 3.29. The van der Waals surface area contributed by atoms with E-state index < -0.39 is 0 Å². The van der Waals surface area contributed by atoms with Gasteiger partial charge in [0, 0.05) is 0 Å². The molecule has 0 bridgehead atoms. The van der Waals surface area contributed by atoms with Crippen LogP contribution in [-0.4, -0.2) is 23.0 Å². The van der Waals surface area contributed by atoms with Crippen LogP contribution in [0.15, 0.2) is 28.3 Å². The molecular formula is C17H24N3OS+. The molecule has 1 N–H and O–H groups in total. The lowest BCUT2D eigenvalue weighted by Crippen LogP contribution is -3.10. The van der Waals surface area contributed by atoms with Gasteiger partial charge in [0.25, 0.3) is 5.17 Å². The van der Waals surface area contributed by atoms with Crippen molar-refractivity contribution in [1.29, 1.82) is 0 Å². The Morgan fingerprint density at radius 3 is 2.86 bits per heavy atom. The molecule has 1 atom stereocenters. The Balaban J connectivity index is 2.34. The number of quaternary nitrogens is 1.